The first-order valence-electron chi connectivity index (χ1n) is 8.83. The predicted molar refractivity (Wildman–Crippen MR) is 96.8 cm³/mol. The van der Waals surface area contributed by atoms with Crippen molar-refractivity contribution in [2.45, 2.75) is 32.2 Å². The van der Waals surface area contributed by atoms with E-state index in [0.29, 0.717) is 12.4 Å². The molecule has 1 amide bonds. The highest BCUT2D eigenvalue weighted by molar-refractivity contribution is 5.78. The van der Waals surface area contributed by atoms with Gasteiger partial charge < -0.3 is 19.9 Å². The van der Waals surface area contributed by atoms with Gasteiger partial charge in [0.2, 0.25) is 5.91 Å². The van der Waals surface area contributed by atoms with Crippen LogP contribution >= 0.6 is 0 Å². The van der Waals surface area contributed by atoms with Gasteiger partial charge in [-0.05, 0) is 31.4 Å². The van der Waals surface area contributed by atoms with E-state index in [1.807, 2.05) is 24.3 Å². The first kappa shape index (κ1) is 17.4. The molecule has 0 aliphatic carbocycles. The number of carbonyl (C=O) groups is 1. The summed E-state index contributed by atoms with van der Waals surface area (Å²) >= 11 is 0. The number of aliphatic hydroxyl groups excluding tert-OH is 1. The standard InChI is InChI=1S/C18H24N4O3/c23-13-9-19-16(24)8-12-22-15-7-3-2-6-14(15)20-17(18(22)25)21-10-4-1-5-11-21/h2-3,6-7,23H,1,4-5,8-13H2,(H,19,24). The molecule has 1 aliphatic heterocycles. The van der Waals surface area contributed by atoms with Crippen LogP contribution in [-0.2, 0) is 11.3 Å². The number of nitrogens with one attached hydrogen (secondary N) is 1. The summed E-state index contributed by atoms with van der Waals surface area (Å²) in [6.45, 7) is 2.11. The van der Waals surface area contributed by atoms with Crippen molar-refractivity contribution in [2.24, 2.45) is 0 Å². The van der Waals surface area contributed by atoms with Gasteiger partial charge in [0, 0.05) is 32.6 Å². The molecule has 1 fully saturated rings. The first-order valence-corrected chi connectivity index (χ1v) is 8.83. The van der Waals surface area contributed by atoms with Crippen LogP contribution in [0.25, 0.3) is 11.0 Å². The van der Waals surface area contributed by atoms with Crippen LogP contribution in [0, 0.1) is 0 Å². The number of amides is 1. The number of fused-ring (bicyclic) bond motifs is 1. The fourth-order valence-electron chi connectivity index (χ4n) is 3.21. The summed E-state index contributed by atoms with van der Waals surface area (Å²) in [7, 11) is 0. The largest absolute Gasteiger partial charge is 0.395 e. The molecule has 25 heavy (non-hydrogen) atoms. The van der Waals surface area contributed by atoms with Crippen LogP contribution in [0.2, 0.25) is 0 Å². The van der Waals surface area contributed by atoms with Crippen LogP contribution < -0.4 is 15.8 Å². The monoisotopic (exact) mass is 344 g/mol. The SMILES string of the molecule is O=C(CCn1c(=O)c(N2CCCCC2)nc2ccccc21)NCCO. The molecule has 1 aromatic carbocycles. The van der Waals surface area contributed by atoms with Crippen LogP contribution in [0.5, 0.6) is 0 Å². The van der Waals surface area contributed by atoms with E-state index in [2.05, 4.69) is 15.2 Å². The molecule has 0 unspecified atom stereocenters. The Bertz CT molecular complexity index is 796. The Labute approximate surface area is 146 Å². The van der Waals surface area contributed by atoms with Crippen molar-refractivity contribution in [1.82, 2.24) is 14.9 Å². The minimum absolute atomic E-state index is 0.0943. The number of nitrogens with zero attached hydrogens (tertiary/aromatic N) is 3. The van der Waals surface area contributed by atoms with Crippen molar-refractivity contribution >= 4 is 22.8 Å². The van der Waals surface area contributed by atoms with E-state index in [4.69, 9.17) is 5.11 Å². The zero-order valence-corrected chi connectivity index (χ0v) is 14.3. The fourth-order valence-corrected chi connectivity index (χ4v) is 3.21. The summed E-state index contributed by atoms with van der Waals surface area (Å²) in [6.07, 6.45) is 3.51. The fraction of sp³-hybridized carbons (Fsp3) is 0.500. The number of aryl methyl sites for hydroxylation is 1. The number of benzene rings is 1. The summed E-state index contributed by atoms with van der Waals surface area (Å²) in [4.78, 5) is 31.5. The molecule has 2 aromatic rings. The zero-order valence-electron chi connectivity index (χ0n) is 14.3. The van der Waals surface area contributed by atoms with Crippen molar-refractivity contribution in [2.75, 3.05) is 31.1 Å². The molecule has 0 atom stereocenters. The number of piperidine rings is 1. The quantitative estimate of drug-likeness (QED) is 0.812. The Kier molecular flexibility index (Phi) is 5.65. The lowest BCUT2D eigenvalue weighted by Gasteiger charge is -2.27. The average Bonchev–Trinajstić information content (AvgIpc) is 2.66. The molecular weight excluding hydrogens is 320 g/mol. The summed E-state index contributed by atoms with van der Waals surface area (Å²) in [5, 5.41) is 11.4. The molecule has 1 aliphatic rings. The van der Waals surface area contributed by atoms with Crippen LogP contribution in [0.4, 0.5) is 5.82 Å². The second kappa shape index (κ2) is 8.11. The van der Waals surface area contributed by atoms with Crippen molar-refractivity contribution in [3.05, 3.63) is 34.6 Å². The van der Waals surface area contributed by atoms with Gasteiger partial charge in [-0.2, -0.15) is 0 Å². The Hall–Kier alpha value is -2.41. The van der Waals surface area contributed by atoms with Gasteiger partial charge in [0.25, 0.3) is 5.56 Å². The molecule has 0 saturated carbocycles. The maximum Gasteiger partial charge on any atom is 0.294 e. The van der Waals surface area contributed by atoms with Crippen LogP contribution in [0.3, 0.4) is 0 Å². The van der Waals surface area contributed by atoms with Gasteiger partial charge in [-0.15, -0.1) is 0 Å². The highest BCUT2D eigenvalue weighted by atomic mass is 16.3. The molecule has 2 N–H and O–H groups in total. The van der Waals surface area contributed by atoms with E-state index in [1.165, 1.54) is 6.42 Å². The third-order valence-corrected chi connectivity index (χ3v) is 4.49. The second-order valence-electron chi connectivity index (χ2n) is 6.25. The van der Waals surface area contributed by atoms with Gasteiger partial charge in [-0.25, -0.2) is 4.98 Å². The maximum absolute atomic E-state index is 13.0. The predicted octanol–water partition coefficient (Wildman–Crippen LogP) is 0.885. The first-order chi connectivity index (χ1) is 12.2. The number of aliphatic hydroxyl groups is 1. The summed E-state index contributed by atoms with van der Waals surface area (Å²) in [5.74, 6) is 0.301. The molecular formula is C18H24N4O3. The van der Waals surface area contributed by atoms with E-state index < -0.39 is 0 Å². The summed E-state index contributed by atoms with van der Waals surface area (Å²) < 4.78 is 1.64. The van der Waals surface area contributed by atoms with Crippen molar-refractivity contribution < 1.29 is 9.90 Å². The second-order valence-corrected chi connectivity index (χ2v) is 6.25. The van der Waals surface area contributed by atoms with Crippen molar-refractivity contribution in [3.8, 4) is 0 Å². The minimum Gasteiger partial charge on any atom is -0.395 e. The van der Waals surface area contributed by atoms with Crippen molar-refractivity contribution in [3.63, 3.8) is 0 Å². The Morgan fingerprint density at radius 2 is 1.96 bits per heavy atom. The third kappa shape index (κ3) is 3.99. The molecule has 0 bridgehead atoms. The van der Waals surface area contributed by atoms with Gasteiger partial charge in [-0.3, -0.25) is 9.59 Å². The molecule has 2 heterocycles. The maximum atomic E-state index is 13.0. The smallest absolute Gasteiger partial charge is 0.294 e. The number of hydrogen-bond acceptors (Lipinski definition) is 5. The van der Waals surface area contributed by atoms with Gasteiger partial charge in [-0.1, -0.05) is 12.1 Å². The van der Waals surface area contributed by atoms with Gasteiger partial charge in [0.05, 0.1) is 17.6 Å². The van der Waals surface area contributed by atoms with E-state index in [9.17, 15) is 9.59 Å². The number of hydrogen-bond donors (Lipinski definition) is 2. The topological polar surface area (TPSA) is 87.5 Å². The third-order valence-electron chi connectivity index (χ3n) is 4.49. The molecule has 0 spiro atoms. The number of anilines is 1. The minimum atomic E-state index is -0.179. The Balaban J connectivity index is 1.93. The highest BCUT2D eigenvalue weighted by Gasteiger charge is 2.19. The lowest BCUT2D eigenvalue weighted by molar-refractivity contribution is -0.121. The van der Waals surface area contributed by atoms with Crippen molar-refractivity contribution in [1.29, 1.82) is 0 Å². The summed E-state index contributed by atoms with van der Waals surface area (Å²) in [6, 6.07) is 7.52. The van der Waals surface area contributed by atoms with E-state index in [0.717, 1.165) is 37.0 Å². The molecule has 7 nitrogen and oxygen atoms in total. The average molecular weight is 344 g/mol. The Morgan fingerprint density at radius 3 is 2.72 bits per heavy atom. The molecule has 134 valence electrons. The van der Waals surface area contributed by atoms with Gasteiger partial charge in [0.15, 0.2) is 5.82 Å². The molecule has 3 rings (SSSR count). The lowest BCUT2D eigenvalue weighted by atomic mass is 10.1. The molecule has 7 heteroatoms. The van der Waals surface area contributed by atoms with Crippen LogP contribution in [-0.4, -0.2) is 46.8 Å². The highest BCUT2D eigenvalue weighted by Crippen LogP contribution is 2.18. The summed E-state index contributed by atoms with van der Waals surface area (Å²) in [5.41, 5.74) is 1.36. The lowest BCUT2D eigenvalue weighted by Crippen LogP contribution is -2.37. The van der Waals surface area contributed by atoms with Crippen LogP contribution in [0.15, 0.2) is 29.1 Å². The number of para-hydroxylation sites is 2. The zero-order chi connectivity index (χ0) is 17.6. The normalized spacial score (nSPS) is 14.7. The Morgan fingerprint density at radius 1 is 1.20 bits per heavy atom. The number of rotatable bonds is 6. The van der Waals surface area contributed by atoms with E-state index >= 15 is 0 Å². The molecule has 0 radical (unpaired) electrons. The molecule has 1 aromatic heterocycles. The van der Waals surface area contributed by atoms with E-state index in [1.54, 1.807) is 4.57 Å². The van der Waals surface area contributed by atoms with Gasteiger partial charge >= 0.3 is 0 Å². The number of carbonyl (C=O) groups excluding carboxylic acids is 1. The number of aromatic nitrogens is 2. The van der Waals surface area contributed by atoms with E-state index in [-0.39, 0.29) is 31.0 Å². The van der Waals surface area contributed by atoms with Crippen LogP contribution in [0.1, 0.15) is 25.7 Å². The molecule has 1 saturated heterocycles. The van der Waals surface area contributed by atoms with Gasteiger partial charge in [0.1, 0.15) is 0 Å².